The Hall–Kier alpha value is -1.38. The number of nitrogens with zero attached hydrogens (tertiary/aromatic N) is 2. The first kappa shape index (κ1) is 7.06. The lowest BCUT2D eigenvalue weighted by Gasteiger charge is -1.90. The second-order valence-electron chi connectivity index (χ2n) is 3.56. The molecule has 2 nitrogen and oxygen atoms in total. The smallest absolute Gasteiger partial charge is 0.126 e. The molecule has 0 bridgehead atoms. The first-order valence-electron chi connectivity index (χ1n) is 4.48. The molecule has 0 aromatic carbocycles. The summed E-state index contributed by atoms with van der Waals surface area (Å²) in [5.41, 5.74) is 1.95. The van der Waals surface area contributed by atoms with Gasteiger partial charge in [-0.25, -0.2) is 8.91 Å². The van der Waals surface area contributed by atoms with Gasteiger partial charge in [0.15, 0.2) is 0 Å². The predicted octanol–water partition coefficient (Wildman–Crippen LogP) is 2.35. The van der Waals surface area contributed by atoms with Gasteiger partial charge in [0.25, 0.3) is 0 Å². The third kappa shape index (κ3) is 1.11. The molecule has 1 saturated carbocycles. The van der Waals surface area contributed by atoms with Crippen molar-refractivity contribution in [1.29, 1.82) is 0 Å². The number of aromatic nitrogens is 2. The highest BCUT2D eigenvalue weighted by Gasteiger charge is 2.26. The fourth-order valence-electron chi connectivity index (χ4n) is 1.57. The van der Waals surface area contributed by atoms with E-state index in [4.69, 9.17) is 0 Å². The van der Waals surface area contributed by atoms with Crippen LogP contribution in [0.3, 0.4) is 0 Å². The molecule has 2 aromatic heterocycles. The SMILES string of the molecule is Fc1ccn2nc(C3CC3)cc2c1. The maximum Gasteiger partial charge on any atom is 0.126 e. The molecule has 0 spiro atoms. The van der Waals surface area contributed by atoms with Gasteiger partial charge in [0.1, 0.15) is 5.82 Å². The zero-order valence-electron chi connectivity index (χ0n) is 7.07. The van der Waals surface area contributed by atoms with Crippen molar-refractivity contribution in [3.05, 3.63) is 35.9 Å². The highest BCUT2D eigenvalue weighted by Crippen LogP contribution is 2.39. The molecular formula is C10H9FN2. The zero-order chi connectivity index (χ0) is 8.84. The van der Waals surface area contributed by atoms with Crippen LogP contribution in [0.1, 0.15) is 24.5 Å². The zero-order valence-corrected chi connectivity index (χ0v) is 7.07. The number of pyridine rings is 1. The largest absolute Gasteiger partial charge is 0.241 e. The predicted molar refractivity (Wildman–Crippen MR) is 47.1 cm³/mol. The Morgan fingerprint density at radius 2 is 2.23 bits per heavy atom. The molecule has 1 aliphatic rings. The lowest BCUT2D eigenvalue weighted by Crippen LogP contribution is -1.87. The van der Waals surface area contributed by atoms with E-state index in [-0.39, 0.29) is 5.82 Å². The average Bonchev–Trinajstić information content (AvgIpc) is 2.87. The van der Waals surface area contributed by atoms with Crippen LogP contribution in [0.2, 0.25) is 0 Å². The molecule has 2 aromatic rings. The Morgan fingerprint density at radius 3 is 3.00 bits per heavy atom. The molecule has 0 aliphatic heterocycles. The minimum atomic E-state index is -0.199. The molecule has 13 heavy (non-hydrogen) atoms. The van der Waals surface area contributed by atoms with Crippen LogP contribution in [0.15, 0.2) is 24.4 Å². The molecule has 1 fully saturated rings. The van der Waals surface area contributed by atoms with E-state index >= 15 is 0 Å². The summed E-state index contributed by atoms with van der Waals surface area (Å²) in [5, 5.41) is 4.37. The van der Waals surface area contributed by atoms with E-state index < -0.39 is 0 Å². The molecule has 66 valence electrons. The van der Waals surface area contributed by atoms with E-state index in [0.717, 1.165) is 11.2 Å². The van der Waals surface area contributed by atoms with Crippen molar-refractivity contribution in [3.63, 3.8) is 0 Å². The van der Waals surface area contributed by atoms with E-state index in [9.17, 15) is 4.39 Å². The van der Waals surface area contributed by atoms with E-state index in [1.165, 1.54) is 25.0 Å². The molecule has 0 amide bonds. The van der Waals surface area contributed by atoms with Crippen molar-refractivity contribution in [2.75, 3.05) is 0 Å². The molecule has 0 N–H and O–H groups in total. The van der Waals surface area contributed by atoms with Crippen molar-refractivity contribution < 1.29 is 4.39 Å². The minimum absolute atomic E-state index is 0.199. The molecule has 0 atom stereocenters. The first-order valence-corrected chi connectivity index (χ1v) is 4.48. The molecule has 3 heteroatoms. The second-order valence-corrected chi connectivity index (χ2v) is 3.56. The summed E-state index contributed by atoms with van der Waals surface area (Å²) in [4.78, 5) is 0. The quantitative estimate of drug-likeness (QED) is 0.652. The van der Waals surface area contributed by atoms with Gasteiger partial charge in [-0.2, -0.15) is 5.10 Å². The molecule has 0 saturated heterocycles. The van der Waals surface area contributed by atoms with E-state index in [1.807, 2.05) is 6.07 Å². The van der Waals surface area contributed by atoms with Crippen LogP contribution < -0.4 is 0 Å². The number of rotatable bonds is 1. The standard InChI is InChI=1S/C10H9FN2/c11-8-3-4-13-9(5-8)6-10(12-13)7-1-2-7/h3-7H,1-2H2. The maximum absolute atomic E-state index is 12.8. The van der Waals surface area contributed by atoms with Crippen LogP contribution in [0, 0.1) is 5.82 Å². The van der Waals surface area contributed by atoms with Crippen LogP contribution in [0.5, 0.6) is 0 Å². The Morgan fingerprint density at radius 1 is 1.38 bits per heavy atom. The molecule has 0 radical (unpaired) electrons. The molecule has 3 rings (SSSR count). The number of hydrogen-bond donors (Lipinski definition) is 0. The van der Waals surface area contributed by atoms with Crippen molar-refractivity contribution in [2.45, 2.75) is 18.8 Å². The van der Waals surface area contributed by atoms with E-state index in [0.29, 0.717) is 5.92 Å². The fraction of sp³-hybridized carbons (Fsp3) is 0.300. The number of hydrogen-bond acceptors (Lipinski definition) is 1. The van der Waals surface area contributed by atoms with Gasteiger partial charge >= 0.3 is 0 Å². The summed E-state index contributed by atoms with van der Waals surface area (Å²) in [5.74, 6) is 0.428. The Labute approximate surface area is 75.0 Å². The van der Waals surface area contributed by atoms with Gasteiger partial charge in [0.2, 0.25) is 0 Å². The highest BCUT2D eigenvalue weighted by molar-refractivity contribution is 5.48. The molecule has 2 heterocycles. The van der Waals surface area contributed by atoms with Gasteiger partial charge in [-0.15, -0.1) is 0 Å². The lowest BCUT2D eigenvalue weighted by atomic mass is 10.3. The third-order valence-corrected chi connectivity index (χ3v) is 2.44. The number of halogens is 1. The van der Waals surface area contributed by atoms with Gasteiger partial charge in [-0.3, -0.25) is 0 Å². The van der Waals surface area contributed by atoms with Gasteiger partial charge in [0, 0.05) is 12.1 Å². The van der Waals surface area contributed by atoms with Crippen LogP contribution in [0.25, 0.3) is 5.52 Å². The topological polar surface area (TPSA) is 17.3 Å². The Kier molecular flexibility index (Phi) is 1.26. The number of fused-ring (bicyclic) bond motifs is 1. The summed E-state index contributed by atoms with van der Waals surface area (Å²) in [6.45, 7) is 0. The van der Waals surface area contributed by atoms with Crippen molar-refractivity contribution >= 4 is 5.52 Å². The van der Waals surface area contributed by atoms with Crippen molar-refractivity contribution in [1.82, 2.24) is 9.61 Å². The first-order chi connectivity index (χ1) is 6.33. The van der Waals surface area contributed by atoms with Crippen LogP contribution in [0.4, 0.5) is 4.39 Å². The monoisotopic (exact) mass is 176 g/mol. The summed E-state index contributed by atoms with van der Waals surface area (Å²) in [6, 6.07) is 4.91. The summed E-state index contributed by atoms with van der Waals surface area (Å²) < 4.78 is 14.6. The van der Waals surface area contributed by atoms with Gasteiger partial charge in [-0.1, -0.05) is 0 Å². The average molecular weight is 176 g/mol. The normalized spacial score (nSPS) is 16.7. The van der Waals surface area contributed by atoms with Gasteiger partial charge < -0.3 is 0 Å². The van der Waals surface area contributed by atoms with Crippen molar-refractivity contribution in [3.8, 4) is 0 Å². The third-order valence-electron chi connectivity index (χ3n) is 2.44. The molecule has 0 unspecified atom stereocenters. The maximum atomic E-state index is 12.8. The van der Waals surface area contributed by atoms with Crippen LogP contribution in [-0.2, 0) is 0 Å². The van der Waals surface area contributed by atoms with Crippen LogP contribution >= 0.6 is 0 Å². The Bertz CT molecular complexity index is 457. The Balaban J connectivity index is 2.20. The van der Waals surface area contributed by atoms with Gasteiger partial charge in [-0.05, 0) is 31.0 Å². The minimum Gasteiger partial charge on any atom is -0.241 e. The summed E-state index contributed by atoms with van der Waals surface area (Å²) in [6.07, 6.45) is 4.12. The van der Waals surface area contributed by atoms with Crippen molar-refractivity contribution in [2.24, 2.45) is 0 Å². The highest BCUT2D eigenvalue weighted by atomic mass is 19.1. The second kappa shape index (κ2) is 2.31. The van der Waals surface area contributed by atoms with Crippen LogP contribution in [-0.4, -0.2) is 9.61 Å². The molecular weight excluding hydrogens is 167 g/mol. The van der Waals surface area contributed by atoms with E-state index in [2.05, 4.69) is 5.10 Å². The van der Waals surface area contributed by atoms with Gasteiger partial charge in [0.05, 0.1) is 11.2 Å². The fourth-order valence-corrected chi connectivity index (χ4v) is 1.57. The summed E-state index contributed by atoms with van der Waals surface area (Å²) >= 11 is 0. The molecule has 1 aliphatic carbocycles. The van der Waals surface area contributed by atoms with E-state index in [1.54, 1.807) is 10.7 Å². The summed E-state index contributed by atoms with van der Waals surface area (Å²) in [7, 11) is 0. The lowest BCUT2D eigenvalue weighted by molar-refractivity contribution is 0.625.